The lowest BCUT2D eigenvalue weighted by atomic mass is 10.1. The summed E-state index contributed by atoms with van der Waals surface area (Å²) < 4.78 is 18.1. The van der Waals surface area contributed by atoms with Gasteiger partial charge in [0.15, 0.2) is 34.5 Å². The second-order valence-electron chi connectivity index (χ2n) is 18.2. The van der Waals surface area contributed by atoms with Gasteiger partial charge in [0.05, 0.1) is 34.1 Å². The fourth-order valence-corrected chi connectivity index (χ4v) is 10.1. The van der Waals surface area contributed by atoms with Gasteiger partial charge in [-0.1, -0.05) is 113 Å². The molecule has 0 saturated heterocycles. The summed E-state index contributed by atoms with van der Waals surface area (Å²) in [6.45, 7) is 26.4. The standard InChI is InChI=1S/3C20H25ClN2O/c3*1-3-22(4-2)13-7-8-14-23-17-9-5-6-10-19(17)24-20-12-11-16(21)15-18(20)23/h3*5-6,9-12,15H,3-4,7-8,13-14H2,1-2H3. The maximum atomic E-state index is 6.22. The minimum absolute atomic E-state index is 0.741. The molecule has 0 saturated carbocycles. The summed E-state index contributed by atoms with van der Waals surface area (Å²) in [4.78, 5) is 14.4. The van der Waals surface area contributed by atoms with Gasteiger partial charge in [-0.25, -0.2) is 0 Å². The third kappa shape index (κ3) is 14.3. The Labute approximate surface area is 445 Å². The second kappa shape index (κ2) is 27.8. The molecule has 0 bridgehead atoms. The summed E-state index contributed by atoms with van der Waals surface area (Å²) in [6, 6.07) is 42.1. The maximum Gasteiger partial charge on any atom is 0.151 e. The predicted octanol–water partition coefficient (Wildman–Crippen LogP) is 17.1. The molecule has 12 heteroatoms. The van der Waals surface area contributed by atoms with E-state index in [1.165, 1.54) is 19.3 Å². The van der Waals surface area contributed by atoms with Crippen LogP contribution in [0.2, 0.25) is 15.1 Å². The van der Waals surface area contributed by atoms with Crippen LogP contribution in [0, 0.1) is 0 Å². The Balaban J connectivity index is 0.000000158. The van der Waals surface area contributed by atoms with Crippen molar-refractivity contribution in [2.24, 2.45) is 0 Å². The number of nitrogens with zero attached hydrogens (tertiary/aromatic N) is 6. The van der Waals surface area contributed by atoms with Crippen LogP contribution in [0.15, 0.2) is 127 Å². The van der Waals surface area contributed by atoms with Crippen molar-refractivity contribution in [1.29, 1.82) is 0 Å². The van der Waals surface area contributed by atoms with E-state index < -0.39 is 0 Å². The summed E-state index contributed by atoms with van der Waals surface area (Å²) in [7, 11) is 0. The topological polar surface area (TPSA) is 47.1 Å². The third-order valence-electron chi connectivity index (χ3n) is 13.8. The predicted molar refractivity (Wildman–Crippen MR) is 306 cm³/mol. The number of para-hydroxylation sites is 6. The zero-order chi connectivity index (χ0) is 50.8. The van der Waals surface area contributed by atoms with Gasteiger partial charge in [-0.3, -0.25) is 0 Å². The van der Waals surface area contributed by atoms with Gasteiger partial charge in [-0.15, -0.1) is 0 Å². The van der Waals surface area contributed by atoms with Crippen LogP contribution in [0.5, 0.6) is 34.5 Å². The number of hydrogen-bond donors (Lipinski definition) is 0. The molecule has 0 unspecified atom stereocenters. The Morgan fingerprint density at radius 2 is 0.569 bits per heavy atom. The highest BCUT2D eigenvalue weighted by molar-refractivity contribution is 6.31. The summed E-state index contributed by atoms with van der Waals surface area (Å²) >= 11 is 18.7. The van der Waals surface area contributed by atoms with E-state index in [1.807, 2.05) is 91.0 Å². The highest BCUT2D eigenvalue weighted by Crippen LogP contribution is 2.50. The number of halogens is 3. The van der Waals surface area contributed by atoms with E-state index >= 15 is 0 Å². The van der Waals surface area contributed by atoms with E-state index in [0.717, 1.165) is 181 Å². The van der Waals surface area contributed by atoms with Gasteiger partial charge in [0.2, 0.25) is 0 Å². The van der Waals surface area contributed by atoms with Gasteiger partial charge < -0.3 is 43.6 Å². The molecule has 0 N–H and O–H groups in total. The van der Waals surface area contributed by atoms with Crippen molar-refractivity contribution in [3.63, 3.8) is 0 Å². The normalized spacial score (nSPS) is 12.8. The lowest BCUT2D eigenvalue weighted by Gasteiger charge is -2.33. The van der Waals surface area contributed by atoms with Crippen molar-refractivity contribution in [2.75, 3.05) is 93.2 Å². The fraction of sp³-hybridized carbons (Fsp3) is 0.400. The van der Waals surface area contributed by atoms with Crippen molar-refractivity contribution in [3.8, 4) is 34.5 Å². The largest absolute Gasteiger partial charge is 0.453 e. The molecule has 9 nitrogen and oxygen atoms in total. The summed E-state index contributed by atoms with van der Waals surface area (Å²) in [5.41, 5.74) is 6.54. The van der Waals surface area contributed by atoms with E-state index in [9.17, 15) is 0 Å². The van der Waals surface area contributed by atoms with E-state index in [0.29, 0.717) is 0 Å². The zero-order valence-electron chi connectivity index (χ0n) is 43.4. The maximum absolute atomic E-state index is 6.22. The molecule has 0 aliphatic carbocycles. The average Bonchev–Trinajstić information content (AvgIpc) is 3.41. The molecular weight excluding hydrogens is 959 g/mol. The third-order valence-corrected chi connectivity index (χ3v) is 14.5. The molecule has 6 aromatic rings. The molecule has 9 rings (SSSR count). The van der Waals surface area contributed by atoms with Crippen LogP contribution in [0.25, 0.3) is 0 Å². The summed E-state index contributed by atoms with van der Waals surface area (Å²) in [5, 5.41) is 2.22. The van der Waals surface area contributed by atoms with E-state index in [1.54, 1.807) is 0 Å². The Kier molecular flexibility index (Phi) is 21.1. The average molecular weight is 1030 g/mol. The van der Waals surface area contributed by atoms with Crippen LogP contribution in [0.3, 0.4) is 0 Å². The van der Waals surface area contributed by atoms with Crippen molar-refractivity contribution < 1.29 is 14.2 Å². The van der Waals surface area contributed by atoms with Gasteiger partial charge in [-0.2, -0.15) is 0 Å². The number of fused-ring (bicyclic) bond motifs is 6. The highest BCUT2D eigenvalue weighted by Gasteiger charge is 2.27. The summed E-state index contributed by atoms with van der Waals surface area (Å²) in [6.07, 6.45) is 6.98. The molecule has 0 atom stereocenters. The van der Waals surface area contributed by atoms with Crippen LogP contribution in [0.4, 0.5) is 34.1 Å². The molecule has 0 spiro atoms. The number of hydrogen-bond acceptors (Lipinski definition) is 9. The van der Waals surface area contributed by atoms with Crippen molar-refractivity contribution in [2.45, 2.75) is 80.1 Å². The number of rotatable bonds is 21. The van der Waals surface area contributed by atoms with E-state index in [4.69, 9.17) is 49.0 Å². The molecule has 6 aromatic carbocycles. The van der Waals surface area contributed by atoms with Crippen LogP contribution >= 0.6 is 34.8 Å². The number of anilines is 6. The number of benzene rings is 6. The molecule has 384 valence electrons. The molecule has 3 aliphatic heterocycles. The second-order valence-corrected chi connectivity index (χ2v) is 19.5. The Morgan fingerprint density at radius 1 is 0.319 bits per heavy atom. The zero-order valence-corrected chi connectivity index (χ0v) is 45.7. The lowest BCUT2D eigenvalue weighted by Crippen LogP contribution is -2.26. The first-order chi connectivity index (χ1) is 35.2. The number of ether oxygens (including phenoxy) is 3. The van der Waals surface area contributed by atoms with E-state index in [-0.39, 0.29) is 0 Å². The molecule has 3 aliphatic rings. The lowest BCUT2D eigenvalue weighted by molar-refractivity contribution is 0.297. The Hall–Kier alpha value is -5.13. The smallest absolute Gasteiger partial charge is 0.151 e. The molecule has 0 aromatic heterocycles. The minimum Gasteiger partial charge on any atom is -0.453 e. The molecule has 0 radical (unpaired) electrons. The first kappa shape index (κ1) is 54.6. The monoisotopic (exact) mass is 1030 g/mol. The molecule has 72 heavy (non-hydrogen) atoms. The molecule has 3 heterocycles. The van der Waals surface area contributed by atoms with Crippen LogP contribution in [-0.4, -0.2) is 93.2 Å². The fourth-order valence-electron chi connectivity index (χ4n) is 9.57. The number of unbranched alkanes of at least 4 members (excludes halogenated alkanes) is 3. The van der Waals surface area contributed by atoms with Crippen LogP contribution in [-0.2, 0) is 0 Å². The van der Waals surface area contributed by atoms with Crippen molar-refractivity contribution >= 4 is 68.9 Å². The first-order valence-electron chi connectivity index (χ1n) is 26.4. The van der Waals surface area contributed by atoms with Gasteiger partial charge in [0, 0.05) is 34.7 Å². The van der Waals surface area contributed by atoms with Gasteiger partial charge in [-0.05, 0) is 188 Å². The minimum atomic E-state index is 0.741. The first-order valence-corrected chi connectivity index (χ1v) is 27.5. The van der Waals surface area contributed by atoms with Gasteiger partial charge >= 0.3 is 0 Å². The SMILES string of the molecule is CCN(CC)CCCCN1c2ccccc2Oc2ccc(Cl)cc21.CCN(CC)CCCCN1c2ccccc2Oc2ccc(Cl)cc21.CCN(CC)CCCCN1c2ccccc2Oc2ccc(Cl)cc21. The van der Waals surface area contributed by atoms with Crippen molar-refractivity contribution in [3.05, 3.63) is 142 Å². The molecular formula is C60H75Cl3N6O3. The quantitative estimate of drug-likeness (QED) is 0.0656. The van der Waals surface area contributed by atoms with Crippen molar-refractivity contribution in [1.82, 2.24) is 14.7 Å². The molecule has 0 amide bonds. The van der Waals surface area contributed by atoms with E-state index in [2.05, 4.69) is 107 Å². The molecule has 0 fully saturated rings. The van der Waals surface area contributed by atoms with Gasteiger partial charge in [0.25, 0.3) is 0 Å². The Bertz CT molecular complexity index is 2340. The summed E-state index contributed by atoms with van der Waals surface area (Å²) in [5.74, 6) is 5.37. The van der Waals surface area contributed by atoms with Crippen LogP contribution in [0.1, 0.15) is 80.1 Å². The van der Waals surface area contributed by atoms with Gasteiger partial charge in [0.1, 0.15) is 0 Å². The van der Waals surface area contributed by atoms with Crippen LogP contribution < -0.4 is 28.9 Å². The Morgan fingerprint density at radius 3 is 0.833 bits per heavy atom. The highest BCUT2D eigenvalue weighted by atomic mass is 35.5.